The van der Waals surface area contributed by atoms with Gasteiger partial charge in [-0.1, -0.05) is 44.2 Å². The molecule has 7 nitrogen and oxygen atoms in total. The molecule has 3 N–H and O–H groups in total. The van der Waals surface area contributed by atoms with Gasteiger partial charge in [0.25, 0.3) is 0 Å². The van der Waals surface area contributed by atoms with Gasteiger partial charge in [-0.2, -0.15) is 5.10 Å². The van der Waals surface area contributed by atoms with Gasteiger partial charge in [0, 0.05) is 38.2 Å². The summed E-state index contributed by atoms with van der Waals surface area (Å²) in [5.74, 6) is 1.63. The molecule has 2 aromatic rings. The number of guanidine groups is 1. The summed E-state index contributed by atoms with van der Waals surface area (Å²) in [6, 6.07) is 9.65. The molecule has 31 heavy (non-hydrogen) atoms. The zero-order chi connectivity index (χ0) is 21.0. The van der Waals surface area contributed by atoms with Crippen LogP contribution in [0.25, 0.3) is 0 Å². The van der Waals surface area contributed by atoms with Gasteiger partial charge < -0.3 is 16.0 Å². The van der Waals surface area contributed by atoms with Crippen LogP contribution in [0.3, 0.4) is 0 Å². The Kier molecular flexibility index (Phi) is 11.4. The van der Waals surface area contributed by atoms with Crippen molar-refractivity contribution in [3.05, 3.63) is 48.3 Å². The van der Waals surface area contributed by atoms with Crippen LogP contribution in [0.4, 0.5) is 5.69 Å². The number of aromatic nitrogens is 2. The van der Waals surface area contributed by atoms with E-state index >= 15 is 0 Å². The molecule has 170 valence electrons. The van der Waals surface area contributed by atoms with Crippen molar-refractivity contribution in [1.82, 2.24) is 20.4 Å². The Bertz CT molecular complexity index is 802. The number of hydrogen-bond donors (Lipinski definition) is 3. The Balaban J connectivity index is 0.00000341. The minimum atomic E-state index is -0.0979. The van der Waals surface area contributed by atoms with Crippen LogP contribution in [0.5, 0.6) is 0 Å². The molecular formula is C23H35IN6O. The molecule has 0 aliphatic heterocycles. The number of carbonyl (C=O) groups is 1. The third-order valence-corrected chi connectivity index (χ3v) is 5.57. The number of nitrogens with one attached hydrogen (secondary N) is 3. The van der Waals surface area contributed by atoms with Crippen LogP contribution in [0.1, 0.15) is 50.5 Å². The van der Waals surface area contributed by atoms with E-state index in [0.717, 1.165) is 29.7 Å². The summed E-state index contributed by atoms with van der Waals surface area (Å²) in [5.41, 5.74) is 1.86. The lowest BCUT2D eigenvalue weighted by Gasteiger charge is -2.21. The van der Waals surface area contributed by atoms with Crippen LogP contribution < -0.4 is 16.0 Å². The quantitative estimate of drug-likeness (QED) is 0.194. The minimum Gasteiger partial charge on any atom is -0.356 e. The van der Waals surface area contributed by atoms with Crippen molar-refractivity contribution in [2.45, 2.75) is 58.0 Å². The molecule has 0 radical (unpaired) electrons. The van der Waals surface area contributed by atoms with Crippen LogP contribution in [0.2, 0.25) is 0 Å². The van der Waals surface area contributed by atoms with Gasteiger partial charge in [0.05, 0.1) is 0 Å². The van der Waals surface area contributed by atoms with E-state index in [1.54, 1.807) is 30.2 Å². The molecule has 0 saturated heterocycles. The molecular weight excluding hydrogens is 503 g/mol. The molecule has 1 amide bonds. The fraction of sp³-hybridized carbons (Fsp3) is 0.522. The molecule has 1 saturated carbocycles. The van der Waals surface area contributed by atoms with E-state index in [1.807, 2.05) is 24.3 Å². The fourth-order valence-electron chi connectivity index (χ4n) is 3.98. The summed E-state index contributed by atoms with van der Waals surface area (Å²) in [6.07, 6.45) is 13.0. The summed E-state index contributed by atoms with van der Waals surface area (Å²) in [4.78, 5) is 16.5. The first kappa shape index (κ1) is 25.2. The predicted molar refractivity (Wildman–Crippen MR) is 137 cm³/mol. The van der Waals surface area contributed by atoms with Crippen LogP contribution >= 0.6 is 24.0 Å². The number of anilines is 1. The van der Waals surface area contributed by atoms with Crippen molar-refractivity contribution in [3.63, 3.8) is 0 Å². The molecule has 3 rings (SSSR count). The summed E-state index contributed by atoms with van der Waals surface area (Å²) < 4.78 is 1.60. The van der Waals surface area contributed by atoms with Crippen molar-refractivity contribution in [3.8, 4) is 0 Å². The van der Waals surface area contributed by atoms with Gasteiger partial charge in [0.15, 0.2) is 5.96 Å². The van der Waals surface area contributed by atoms with E-state index in [1.165, 1.54) is 44.9 Å². The molecule has 0 spiro atoms. The fourth-order valence-corrected chi connectivity index (χ4v) is 3.98. The second-order valence-corrected chi connectivity index (χ2v) is 7.95. The molecule has 1 heterocycles. The van der Waals surface area contributed by atoms with E-state index in [0.29, 0.717) is 6.54 Å². The van der Waals surface area contributed by atoms with Crippen molar-refractivity contribution < 1.29 is 4.79 Å². The van der Waals surface area contributed by atoms with E-state index < -0.39 is 0 Å². The predicted octanol–water partition coefficient (Wildman–Crippen LogP) is 4.17. The highest BCUT2D eigenvalue weighted by Crippen LogP contribution is 2.26. The van der Waals surface area contributed by atoms with Gasteiger partial charge in [-0.15, -0.1) is 24.0 Å². The summed E-state index contributed by atoms with van der Waals surface area (Å²) in [5, 5.41) is 13.7. The maximum Gasteiger partial charge on any atom is 0.246 e. The van der Waals surface area contributed by atoms with E-state index in [4.69, 9.17) is 0 Å². The van der Waals surface area contributed by atoms with Crippen LogP contribution in [0, 0.1) is 5.92 Å². The largest absolute Gasteiger partial charge is 0.356 e. The van der Waals surface area contributed by atoms with Gasteiger partial charge in [0.1, 0.15) is 6.54 Å². The average Bonchev–Trinajstić information content (AvgIpc) is 3.27. The second kappa shape index (κ2) is 14.1. The minimum absolute atomic E-state index is 0. The molecule has 8 heteroatoms. The van der Waals surface area contributed by atoms with Gasteiger partial charge in [-0.3, -0.25) is 14.5 Å². The summed E-state index contributed by atoms with van der Waals surface area (Å²) in [6.45, 7) is 1.79. The van der Waals surface area contributed by atoms with Crippen molar-refractivity contribution >= 4 is 41.5 Å². The molecule has 1 fully saturated rings. The first-order valence-corrected chi connectivity index (χ1v) is 11.0. The number of carbonyl (C=O) groups excluding carboxylic acids is 1. The molecule has 0 atom stereocenters. The Hall–Kier alpha value is -2.10. The maximum absolute atomic E-state index is 12.1. The van der Waals surface area contributed by atoms with Crippen molar-refractivity contribution in [1.29, 1.82) is 0 Å². The summed E-state index contributed by atoms with van der Waals surface area (Å²) in [7, 11) is 1.79. The van der Waals surface area contributed by atoms with Gasteiger partial charge in [0.2, 0.25) is 5.91 Å². The molecule has 1 aromatic heterocycles. The topological polar surface area (TPSA) is 83.3 Å². The Morgan fingerprint density at radius 2 is 2.03 bits per heavy atom. The third kappa shape index (κ3) is 9.28. The number of benzene rings is 1. The molecule has 1 aromatic carbocycles. The Labute approximate surface area is 202 Å². The SMILES string of the molecule is CN=C(NCCCC1CCCCC1)NCc1cccc(NC(=O)Cn2cccn2)c1.I. The Morgan fingerprint density at radius 1 is 1.19 bits per heavy atom. The number of aliphatic imine (C=N–C) groups is 1. The lowest BCUT2D eigenvalue weighted by atomic mass is 9.86. The van der Waals surface area contributed by atoms with E-state index in [-0.39, 0.29) is 36.4 Å². The van der Waals surface area contributed by atoms with Crippen LogP contribution in [0.15, 0.2) is 47.7 Å². The number of rotatable bonds is 9. The monoisotopic (exact) mass is 538 g/mol. The maximum atomic E-state index is 12.1. The van der Waals surface area contributed by atoms with E-state index in [9.17, 15) is 4.79 Å². The standard InChI is InChI=1S/C23H34N6O.HI/c1-24-23(25-13-6-11-19-8-3-2-4-9-19)26-17-20-10-5-12-21(16-20)28-22(30)18-29-15-7-14-27-29;/h5,7,10,12,14-16,19H,2-4,6,8-9,11,13,17-18H2,1H3,(H,28,30)(H2,24,25,26);1H. The average molecular weight is 538 g/mol. The zero-order valence-electron chi connectivity index (χ0n) is 18.3. The highest BCUT2D eigenvalue weighted by Gasteiger charge is 2.12. The van der Waals surface area contributed by atoms with Crippen LogP contribution in [-0.4, -0.2) is 35.2 Å². The number of nitrogens with zero attached hydrogens (tertiary/aromatic N) is 3. The molecule has 1 aliphatic rings. The van der Waals surface area contributed by atoms with Gasteiger partial charge in [-0.25, -0.2) is 0 Å². The summed E-state index contributed by atoms with van der Waals surface area (Å²) >= 11 is 0. The second-order valence-electron chi connectivity index (χ2n) is 7.95. The molecule has 0 bridgehead atoms. The highest BCUT2D eigenvalue weighted by atomic mass is 127. The smallest absolute Gasteiger partial charge is 0.246 e. The molecule has 0 unspecified atom stereocenters. The number of hydrogen-bond acceptors (Lipinski definition) is 3. The van der Waals surface area contributed by atoms with Gasteiger partial charge in [-0.05, 0) is 42.5 Å². The molecule has 1 aliphatic carbocycles. The van der Waals surface area contributed by atoms with E-state index in [2.05, 4.69) is 26.0 Å². The highest BCUT2D eigenvalue weighted by molar-refractivity contribution is 14.0. The third-order valence-electron chi connectivity index (χ3n) is 5.57. The first-order chi connectivity index (χ1) is 14.7. The van der Waals surface area contributed by atoms with Crippen LogP contribution in [-0.2, 0) is 17.9 Å². The normalized spacial score (nSPS) is 14.5. The first-order valence-electron chi connectivity index (χ1n) is 11.0. The number of amides is 1. The lowest BCUT2D eigenvalue weighted by Crippen LogP contribution is -2.37. The van der Waals surface area contributed by atoms with Gasteiger partial charge >= 0.3 is 0 Å². The zero-order valence-corrected chi connectivity index (χ0v) is 20.7. The van der Waals surface area contributed by atoms with Crippen molar-refractivity contribution in [2.24, 2.45) is 10.9 Å². The number of halogens is 1. The Morgan fingerprint density at radius 3 is 2.77 bits per heavy atom. The lowest BCUT2D eigenvalue weighted by molar-refractivity contribution is -0.116. The van der Waals surface area contributed by atoms with Crippen molar-refractivity contribution in [2.75, 3.05) is 18.9 Å².